The topological polar surface area (TPSA) is 54.3 Å². The number of nitrogens with zero attached hydrogens (tertiary/aromatic N) is 1. The molecule has 1 N–H and O–H groups in total. The molecule has 1 aliphatic rings. The van der Waals surface area contributed by atoms with Gasteiger partial charge in [0.2, 0.25) is 0 Å². The molecule has 0 aromatic heterocycles. The number of rotatable bonds is 2. The highest BCUT2D eigenvalue weighted by atomic mass is 19.3. The van der Waals surface area contributed by atoms with Crippen molar-refractivity contribution in [1.29, 1.82) is 5.26 Å². The van der Waals surface area contributed by atoms with E-state index in [1.165, 1.54) is 18.2 Å². The maximum Gasteiger partial charge on any atom is 0.586 e. The molecule has 2 rings (SSSR count). The molecule has 0 aliphatic carbocycles. The number of fused-ring (bicyclic) bond motifs is 1. The molecule has 0 radical (unpaired) electrons. The first-order valence-electron chi connectivity index (χ1n) is 4.11. The molecule has 0 fully saturated rings. The number of nitrogens with one attached hydrogen (secondary N) is 1. The van der Waals surface area contributed by atoms with Crippen molar-refractivity contribution in [2.24, 2.45) is 0 Å². The van der Waals surface area contributed by atoms with Crippen LogP contribution < -0.4 is 14.8 Å². The molecule has 6 heteroatoms. The van der Waals surface area contributed by atoms with Crippen LogP contribution in [0.1, 0.15) is 0 Å². The molecule has 1 aromatic rings. The average molecular weight is 212 g/mol. The molecule has 0 amide bonds. The first kappa shape index (κ1) is 9.52. The highest BCUT2D eigenvalue weighted by molar-refractivity contribution is 5.56. The average Bonchev–Trinajstić information content (AvgIpc) is 2.47. The number of alkyl halides is 2. The van der Waals surface area contributed by atoms with Gasteiger partial charge in [-0.05, 0) is 12.1 Å². The largest absolute Gasteiger partial charge is 0.586 e. The normalized spacial score (nSPS) is 15.8. The second kappa shape index (κ2) is 3.28. The molecule has 0 bridgehead atoms. The van der Waals surface area contributed by atoms with E-state index >= 15 is 0 Å². The molecule has 1 aliphatic heterocycles. The van der Waals surface area contributed by atoms with Crippen molar-refractivity contribution in [3.05, 3.63) is 18.2 Å². The molecule has 0 saturated carbocycles. The Bertz CT molecular complexity index is 429. The lowest BCUT2D eigenvalue weighted by atomic mass is 10.3. The van der Waals surface area contributed by atoms with Gasteiger partial charge in [0.05, 0.1) is 6.07 Å². The van der Waals surface area contributed by atoms with Crippen LogP contribution in [0.2, 0.25) is 0 Å². The fourth-order valence-corrected chi connectivity index (χ4v) is 1.20. The third kappa shape index (κ3) is 1.91. The number of nitriles is 1. The second-order valence-electron chi connectivity index (χ2n) is 2.84. The number of hydrogen-bond donors (Lipinski definition) is 1. The Morgan fingerprint density at radius 2 is 2.07 bits per heavy atom. The van der Waals surface area contributed by atoms with E-state index in [9.17, 15) is 8.78 Å². The van der Waals surface area contributed by atoms with Crippen LogP contribution in [-0.2, 0) is 0 Å². The molecule has 0 saturated heterocycles. The van der Waals surface area contributed by atoms with Gasteiger partial charge < -0.3 is 14.8 Å². The molecule has 4 nitrogen and oxygen atoms in total. The minimum Gasteiger partial charge on any atom is -0.395 e. The predicted octanol–water partition coefficient (Wildman–Crippen LogP) is 1.94. The molecular formula is C9H6F2N2O2. The summed E-state index contributed by atoms with van der Waals surface area (Å²) in [6, 6.07) is 6.11. The maximum absolute atomic E-state index is 12.6. The van der Waals surface area contributed by atoms with E-state index in [-0.39, 0.29) is 18.0 Å². The quantitative estimate of drug-likeness (QED) is 0.761. The Kier molecular flexibility index (Phi) is 2.08. The van der Waals surface area contributed by atoms with Crippen LogP contribution in [0, 0.1) is 11.3 Å². The monoisotopic (exact) mass is 212 g/mol. The summed E-state index contributed by atoms with van der Waals surface area (Å²) in [4.78, 5) is 0. The third-order valence-electron chi connectivity index (χ3n) is 1.77. The van der Waals surface area contributed by atoms with Crippen LogP contribution >= 0.6 is 0 Å². The van der Waals surface area contributed by atoms with Gasteiger partial charge in [-0.1, -0.05) is 0 Å². The van der Waals surface area contributed by atoms with E-state index in [1.807, 2.05) is 6.07 Å². The van der Waals surface area contributed by atoms with Crippen LogP contribution in [0.3, 0.4) is 0 Å². The molecular weight excluding hydrogens is 206 g/mol. The summed E-state index contributed by atoms with van der Waals surface area (Å²) in [5.41, 5.74) is 0.525. The first-order valence-corrected chi connectivity index (χ1v) is 4.11. The number of halogens is 2. The minimum atomic E-state index is -3.60. The summed E-state index contributed by atoms with van der Waals surface area (Å²) in [7, 11) is 0. The van der Waals surface area contributed by atoms with Gasteiger partial charge in [0.25, 0.3) is 0 Å². The summed E-state index contributed by atoms with van der Waals surface area (Å²) < 4.78 is 33.6. The molecule has 78 valence electrons. The molecule has 0 spiro atoms. The third-order valence-corrected chi connectivity index (χ3v) is 1.77. The Balaban J connectivity index is 2.20. The molecule has 0 atom stereocenters. The lowest BCUT2D eigenvalue weighted by Gasteiger charge is -2.04. The van der Waals surface area contributed by atoms with E-state index in [2.05, 4.69) is 14.8 Å². The summed E-state index contributed by atoms with van der Waals surface area (Å²) in [5, 5.41) is 11.0. The smallest absolute Gasteiger partial charge is 0.395 e. The zero-order valence-electron chi connectivity index (χ0n) is 7.46. The highest BCUT2D eigenvalue weighted by Gasteiger charge is 2.43. The van der Waals surface area contributed by atoms with E-state index in [4.69, 9.17) is 5.26 Å². The summed E-state index contributed by atoms with van der Waals surface area (Å²) in [6.07, 6.45) is -3.60. The van der Waals surface area contributed by atoms with Gasteiger partial charge in [-0.2, -0.15) is 5.26 Å². The van der Waals surface area contributed by atoms with Crippen molar-refractivity contribution in [3.63, 3.8) is 0 Å². The Morgan fingerprint density at radius 1 is 1.33 bits per heavy atom. The van der Waals surface area contributed by atoms with Gasteiger partial charge in [-0.15, -0.1) is 8.78 Å². The Hall–Kier alpha value is -2.03. The van der Waals surface area contributed by atoms with Crippen LogP contribution in [-0.4, -0.2) is 12.8 Å². The minimum absolute atomic E-state index is 0.0116. The van der Waals surface area contributed by atoms with Crippen molar-refractivity contribution >= 4 is 5.69 Å². The lowest BCUT2D eigenvalue weighted by Crippen LogP contribution is -2.25. The number of ether oxygens (including phenoxy) is 2. The predicted molar refractivity (Wildman–Crippen MR) is 46.7 cm³/mol. The molecule has 0 unspecified atom stereocenters. The van der Waals surface area contributed by atoms with E-state index in [1.54, 1.807) is 0 Å². The highest BCUT2D eigenvalue weighted by Crippen LogP contribution is 2.42. The number of benzene rings is 1. The SMILES string of the molecule is N#CCNc1ccc2c(c1)OC(F)(F)O2. The van der Waals surface area contributed by atoms with Crippen molar-refractivity contribution in [1.82, 2.24) is 0 Å². The molecule has 1 aromatic carbocycles. The van der Waals surface area contributed by atoms with E-state index in [0.29, 0.717) is 5.69 Å². The second-order valence-corrected chi connectivity index (χ2v) is 2.84. The fraction of sp³-hybridized carbons (Fsp3) is 0.222. The van der Waals surface area contributed by atoms with Gasteiger partial charge in [0, 0.05) is 11.8 Å². The summed E-state index contributed by atoms with van der Waals surface area (Å²) >= 11 is 0. The fourth-order valence-electron chi connectivity index (χ4n) is 1.20. The van der Waals surface area contributed by atoms with Gasteiger partial charge in [-0.25, -0.2) is 0 Å². The molecule has 15 heavy (non-hydrogen) atoms. The zero-order valence-corrected chi connectivity index (χ0v) is 7.46. The van der Waals surface area contributed by atoms with Crippen molar-refractivity contribution in [2.75, 3.05) is 11.9 Å². The first-order chi connectivity index (χ1) is 7.11. The maximum atomic E-state index is 12.6. The summed E-state index contributed by atoms with van der Waals surface area (Å²) in [6.45, 7) is 0.0933. The number of hydrogen-bond acceptors (Lipinski definition) is 4. The zero-order chi connectivity index (χ0) is 10.9. The van der Waals surface area contributed by atoms with Crippen molar-refractivity contribution in [2.45, 2.75) is 6.29 Å². The van der Waals surface area contributed by atoms with Gasteiger partial charge in [-0.3, -0.25) is 0 Å². The van der Waals surface area contributed by atoms with Crippen LogP contribution in [0.25, 0.3) is 0 Å². The Morgan fingerprint density at radius 3 is 2.80 bits per heavy atom. The van der Waals surface area contributed by atoms with Crippen LogP contribution in [0.5, 0.6) is 11.5 Å². The van der Waals surface area contributed by atoms with E-state index < -0.39 is 6.29 Å². The van der Waals surface area contributed by atoms with E-state index in [0.717, 1.165) is 0 Å². The van der Waals surface area contributed by atoms with Gasteiger partial charge in [0.1, 0.15) is 6.54 Å². The summed E-state index contributed by atoms with van der Waals surface area (Å²) in [5.74, 6) is -0.0505. The lowest BCUT2D eigenvalue weighted by molar-refractivity contribution is -0.286. The van der Waals surface area contributed by atoms with Crippen molar-refractivity contribution in [3.8, 4) is 17.6 Å². The van der Waals surface area contributed by atoms with Gasteiger partial charge in [0.15, 0.2) is 11.5 Å². The number of anilines is 1. The van der Waals surface area contributed by atoms with Crippen LogP contribution in [0.15, 0.2) is 18.2 Å². The molecule has 1 heterocycles. The standard InChI is InChI=1S/C9H6F2N2O2/c10-9(11)14-7-2-1-6(13-4-3-12)5-8(7)15-9/h1-2,5,13H,4H2. The Labute approximate surface area is 84.0 Å². The van der Waals surface area contributed by atoms with Crippen molar-refractivity contribution < 1.29 is 18.3 Å². The van der Waals surface area contributed by atoms with Gasteiger partial charge >= 0.3 is 6.29 Å². The van der Waals surface area contributed by atoms with Crippen LogP contribution in [0.4, 0.5) is 14.5 Å².